The molecule has 0 unspecified atom stereocenters. The van der Waals surface area contributed by atoms with Gasteiger partial charge in [-0.05, 0) is 79.7 Å². The van der Waals surface area contributed by atoms with Crippen LogP contribution in [0.4, 0.5) is 11.5 Å². The SMILES string of the molecule is CC1=C(C#N)c2nc(N)c(C#N)c(C)c2/C1=C\c1ccc(N2CCCC2)cc1C. The molecule has 0 saturated carbocycles. The van der Waals surface area contributed by atoms with Crippen LogP contribution in [0.25, 0.3) is 17.2 Å². The number of fused-ring (bicyclic) bond motifs is 1. The Bertz CT molecular complexity index is 1170. The molecule has 1 aromatic heterocycles. The minimum atomic E-state index is 0.177. The van der Waals surface area contributed by atoms with Crippen molar-refractivity contribution in [2.75, 3.05) is 23.7 Å². The van der Waals surface area contributed by atoms with Crippen LogP contribution in [0.5, 0.6) is 0 Å². The number of nitrogens with zero attached hydrogens (tertiary/aromatic N) is 4. The highest BCUT2D eigenvalue weighted by Crippen LogP contribution is 2.44. The third-order valence-corrected chi connectivity index (χ3v) is 6.01. The molecule has 1 fully saturated rings. The van der Waals surface area contributed by atoms with E-state index in [1.54, 1.807) is 0 Å². The number of benzene rings is 1. The van der Waals surface area contributed by atoms with Crippen LogP contribution >= 0.6 is 0 Å². The lowest BCUT2D eigenvalue weighted by molar-refractivity contribution is 0.949. The van der Waals surface area contributed by atoms with Crippen molar-refractivity contribution in [3.63, 3.8) is 0 Å². The van der Waals surface area contributed by atoms with Gasteiger partial charge in [0.05, 0.1) is 16.8 Å². The zero-order valence-corrected chi connectivity index (χ0v) is 17.0. The summed E-state index contributed by atoms with van der Waals surface area (Å²) in [6.07, 6.45) is 4.60. The van der Waals surface area contributed by atoms with Gasteiger partial charge < -0.3 is 10.6 Å². The average Bonchev–Trinajstić information content (AvgIpc) is 3.31. The molecule has 1 saturated heterocycles. The number of aryl methyl sites for hydroxylation is 1. The number of rotatable bonds is 2. The van der Waals surface area contributed by atoms with Crippen LogP contribution in [-0.2, 0) is 0 Å². The van der Waals surface area contributed by atoms with Crippen LogP contribution < -0.4 is 10.6 Å². The summed E-state index contributed by atoms with van der Waals surface area (Å²) in [5.41, 5.74) is 14.4. The van der Waals surface area contributed by atoms with Crippen molar-refractivity contribution in [2.24, 2.45) is 0 Å². The molecule has 5 heteroatoms. The van der Waals surface area contributed by atoms with E-state index < -0.39 is 0 Å². The predicted molar refractivity (Wildman–Crippen MR) is 117 cm³/mol. The lowest BCUT2D eigenvalue weighted by atomic mass is 9.94. The Morgan fingerprint density at radius 2 is 1.83 bits per heavy atom. The van der Waals surface area contributed by atoms with E-state index in [-0.39, 0.29) is 5.82 Å². The number of nitriles is 2. The molecule has 0 radical (unpaired) electrons. The molecule has 29 heavy (non-hydrogen) atoms. The highest BCUT2D eigenvalue weighted by Gasteiger charge is 2.29. The molecule has 2 aromatic rings. The molecule has 144 valence electrons. The Hall–Kier alpha value is -3.57. The Balaban J connectivity index is 1.86. The van der Waals surface area contributed by atoms with Gasteiger partial charge >= 0.3 is 0 Å². The van der Waals surface area contributed by atoms with Crippen molar-refractivity contribution >= 4 is 28.7 Å². The first-order valence-electron chi connectivity index (χ1n) is 9.85. The maximum Gasteiger partial charge on any atom is 0.142 e. The van der Waals surface area contributed by atoms with Gasteiger partial charge in [0.15, 0.2) is 0 Å². The number of allylic oxidation sites excluding steroid dienone is 3. The molecule has 2 N–H and O–H groups in total. The number of nitrogen functional groups attached to an aromatic ring is 1. The van der Waals surface area contributed by atoms with Crippen LogP contribution in [0.15, 0.2) is 23.8 Å². The highest BCUT2D eigenvalue weighted by atomic mass is 15.1. The predicted octanol–water partition coefficient (Wildman–Crippen LogP) is 4.60. The van der Waals surface area contributed by atoms with Gasteiger partial charge in [-0.3, -0.25) is 0 Å². The van der Waals surface area contributed by atoms with E-state index >= 15 is 0 Å². The van der Waals surface area contributed by atoms with Crippen molar-refractivity contribution in [3.8, 4) is 12.1 Å². The number of aromatic nitrogens is 1. The van der Waals surface area contributed by atoms with E-state index in [1.165, 1.54) is 24.1 Å². The molecule has 1 aliphatic heterocycles. The number of hydrogen-bond acceptors (Lipinski definition) is 5. The summed E-state index contributed by atoms with van der Waals surface area (Å²) in [5, 5.41) is 19.2. The van der Waals surface area contributed by atoms with Crippen LogP contribution in [0.3, 0.4) is 0 Å². The van der Waals surface area contributed by atoms with Gasteiger partial charge in [0.1, 0.15) is 18.0 Å². The Morgan fingerprint density at radius 1 is 1.10 bits per heavy atom. The second-order valence-corrected chi connectivity index (χ2v) is 7.74. The molecule has 0 atom stereocenters. The van der Waals surface area contributed by atoms with Crippen LogP contribution in [0, 0.1) is 36.5 Å². The quantitative estimate of drug-likeness (QED) is 0.821. The van der Waals surface area contributed by atoms with Crippen LogP contribution in [-0.4, -0.2) is 18.1 Å². The smallest absolute Gasteiger partial charge is 0.142 e. The lowest BCUT2D eigenvalue weighted by Crippen LogP contribution is -2.17. The van der Waals surface area contributed by atoms with Crippen molar-refractivity contribution < 1.29 is 0 Å². The second-order valence-electron chi connectivity index (χ2n) is 7.74. The maximum atomic E-state index is 9.70. The van der Waals surface area contributed by atoms with Crippen molar-refractivity contribution in [3.05, 3.63) is 57.3 Å². The maximum absolute atomic E-state index is 9.70. The van der Waals surface area contributed by atoms with Crippen LogP contribution in [0.1, 0.15) is 53.3 Å². The topological polar surface area (TPSA) is 89.7 Å². The van der Waals surface area contributed by atoms with Gasteiger partial charge in [-0.2, -0.15) is 10.5 Å². The van der Waals surface area contributed by atoms with E-state index in [0.717, 1.165) is 40.9 Å². The standard InChI is InChI=1S/C24H23N5/c1-14-10-18(29-8-4-5-9-29)7-6-17(14)11-19-15(2)20(12-25)23-22(19)16(3)21(13-26)24(27)28-23/h6-7,10-11H,4-5,8-9H2,1-3H3,(H2,27,28)/b19-11-. The van der Waals surface area contributed by atoms with Crippen molar-refractivity contribution in [1.29, 1.82) is 10.5 Å². The largest absolute Gasteiger partial charge is 0.383 e. The molecule has 1 aromatic carbocycles. The number of anilines is 2. The molecular weight excluding hydrogens is 358 g/mol. The fourth-order valence-corrected chi connectivity index (χ4v) is 4.34. The van der Waals surface area contributed by atoms with Gasteiger partial charge in [0, 0.05) is 24.3 Å². The molecule has 2 aliphatic rings. The summed E-state index contributed by atoms with van der Waals surface area (Å²) in [7, 11) is 0. The zero-order valence-electron chi connectivity index (χ0n) is 17.0. The molecule has 0 amide bonds. The molecule has 0 spiro atoms. The van der Waals surface area contributed by atoms with Crippen molar-refractivity contribution in [1.82, 2.24) is 4.98 Å². The summed E-state index contributed by atoms with van der Waals surface area (Å²) >= 11 is 0. The molecular formula is C24H23N5. The fourth-order valence-electron chi connectivity index (χ4n) is 4.34. The van der Waals surface area contributed by atoms with Gasteiger partial charge in [0.2, 0.25) is 0 Å². The first-order valence-corrected chi connectivity index (χ1v) is 9.85. The average molecular weight is 381 g/mol. The Kier molecular flexibility index (Phi) is 4.60. The second kappa shape index (κ2) is 7.11. The summed E-state index contributed by atoms with van der Waals surface area (Å²) < 4.78 is 0. The minimum Gasteiger partial charge on any atom is -0.383 e. The van der Waals surface area contributed by atoms with Gasteiger partial charge in [-0.15, -0.1) is 0 Å². The molecule has 5 nitrogen and oxygen atoms in total. The third-order valence-electron chi connectivity index (χ3n) is 6.01. The molecule has 2 heterocycles. The normalized spacial score (nSPS) is 16.9. The first-order chi connectivity index (χ1) is 14.0. The summed E-state index contributed by atoms with van der Waals surface area (Å²) in [6.45, 7) is 8.15. The van der Waals surface area contributed by atoms with Crippen LogP contribution in [0.2, 0.25) is 0 Å². The third kappa shape index (κ3) is 2.96. The summed E-state index contributed by atoms with van der Waals surface area (Å²) in [4.78, 5) is 6.82. The fraction of sp³-hybridized carbons (Fsp3) is 0.292. The van der Waals surface area contributed by atoms with Gasteiger partial charge in [0.25, 0.3) is 0 Å². The summed E-state index contributed by atoms with van der Waals surface area (Å²) in [6, 6.07) is 11.0. The van der Waals surface area contributed by atoms with E-state index in [2.05, 4.69) is 53.2 Å². The van der Waals surface area contributed by atoms with E-state index in [0.29, 0.717) is 16.8 Å². The Labute approximate surface area is 171 Å². The lowest BCUT2D eigenvalue weighted by Gasteiger charge is -2.19. The monoisotopic (exact) mass is 381 g/mol. The first kappa shape index (κ1) is 18.8. The molecule has 4 rings (SSSR count). The number of hydrogen-bond donors (Lipinski definition) is 1. The van der Waals surface area contributed by atoms with E-state index in [4.69, 9.17) is 5.73 Å². The molecule has 1 aliphatic carbocycles. The van der Waals surface area contributed by atoms with Gasteiger partial charge in [-0.25, -0.2) is 4.98 Å². The van der Waals surface area contributed by atoms with E-state index in [1.807, 2.05) is 13.8 Å². The van der Waals surface area contributed by atoms with E-state index in [9.17, 15) is 10.5 Å². The summed E-state index contributed by atoms with van der Waals surface area (Å²) in [5.74, 6) is 0.177. The number of pyridine rings is 1. The van der Waals surface area contributed by atoms with Crippen molar-refractivity contribution in [2.45, 2.75) is 33.6 Å². The highest BCUT2D eigenvalue weighted by molar-refractivity contribution is 6.08. The number of nitrogens with two attached hydrogens (primary N) is 1. The minimum absolute atomic E-state index is 0.177. The van der Waals surface area contributed by atoms with Gasteiger partial charge in [-0.1, -0.05) is 6.07 Å². The molecule has 0 bridgehead atoms. The zero-order chi connectivity index (χ0) is 20.7. The Morgan fingerprint density at radius 3 is 2.45 bits per heavy atom.